The van der Waals surface area contributed by atoms with Gasteiger partial charge in [0, 0.05) is 56.4 Å². The van der Waals surface area contributed by atoms with Gasteiger partial charge in [0.25, 0.3) is 0 Å². The van der Waals surface area contributed by atoms with E-state index in [9.17, 15) is 0 Å². The van der Waals surface area contributed by atoms with Crippen LogP contribution in [0, 0.1) is 0 Å². The lowest BCUT2D eigenvalue weighted by molar-refractivity contribution is 0.122. The molecular formula is C25H37N5O. The number of nitrogens with two attached hydrogens (primary N) is 1. The normalized spacial score (nSPS) is 19.7. The Balaban J connectivity index is 0.000000158. The van der Waals surface area contributed by atoms with Crippen LogP contribution in [0.2, 0.25) is 0 Å². The Kier molecular flexibility index (Phi) is 8.02. The molecule has 6 heteroatoms. The van der Waals surface area contributed by atoms with E-state index in [2.05, 4.69) is 43.9 Å². The minimum atomic E-state index is 0.573. The van der Waals surface area contributed by atoms with Crippen molar-refractivity contribution in [2.24, 2.45) is 0 Å². The van der Waals surface area contributed by atoms with Gasteiger partial charge in [-0.2, -0.15) is 0 Å². The molecule has 0 radical (unpaired) electrons. The highest BCUT2D eigenvalue weighted by molar-refractivity contribution is 5.52. The summed E-state index contributed by atoms with van der Waals surface area (Å²) in [4.78, 5) is 11.3. The number of nitrogen functional groups attached to an aromatic ring is 1. The number of nitrogens with zero attached hydrogens (tertiary/aromatic N) is 4. The Hall–Kier alpha value is -2.31. The zero-order valence-electron chi connectivity index (χ0n) is 18.7. The molecule has 3 aliphatic heterocycles. The molecule has 3 fully saturated rings. The third-order valence-corrected chi connectivity index (χ3v) is 6.38. The molecule has 2 aromatic rings. The van der Waals surface area contributed by atoms with Crippen LogP contribution >= 0.6 is 0 Å². The minimum absolute atomic E-state index is 0.573. The van der Waals surface area contributed by atoms with Crippen molar-refractivity contribution >= 4 is 17.2 Å². The summed E-state index contributed by atoms with van der Waals surface area (Å²) in [6.07, 6.45) is 8.62. The van der Waals surface area contributed by atoms with E-state index in [1.807, 2.05) is 12.1 Å². The van der Waals surface area contributed by atoms with Crippen LogP contribution in [0.1, 0.15) is 37.7 Å². The molecule has 1 aromatic heterocycles. The standard InChI is InChI=1S/C16H24N2.C9H13N3O/c1-2-11-18(12-3-1)16-8-6-7-15(13-16)14-17-9-4-5-10-17;10-9-7-8(1-2-11-9)12-3-5-13-6-4-12/h6-8,13H,1-5,9-12,14H2;1-2,7H,3-6H2,(H2,10,11). The fraction of sp³-hybridized carbons (Fsp3) is 0.560. The van der Waals surface area contributed by atoms with E-state index in [0.717, 1.165) is 38.5 Å². The highest BCUT2D eigenvalue weighted by Crippen LogP contribution is 2.22. The maximum Gasteiger partial charge on any atom is 0.125 e. The monoisotopic (exact) mass is 423 g/mol. The Morgan fingerprint density at radius 1 is 0.774 bits per heavy atom. The van der Waals surface area contributed by atoms with Crippen molar-refractivity contribution in [2.45, 2.75) is 38.6 Å². The molecule has 3 saturated heterocycles. The van der Waals surface area contributed by atoms with E-state index < -0.39 is 0 Å². The van der Waals surface area contributed by atoms with Gasteiger partial charge in [-0.25, -0.2) is 4.98 Å². The van der Waals surface area contributed by atoms with Crippen LogP contribution in [-0.2, 0) is 11.3 Å². The van der Waals surface area contributed by atoms with E-state index in [1.54, 1.807) is 6.20 Å². The van der Waals surface area contributed by atoms with Gasteiger partial charge in [-0.3, -0.25) is 4.90 Å². The molecule has 5 rings (SSSR count). The summed E-state index contributed by atoms with van der Waals surface area (Å²) in [6, 6.07) is 13.1. The van der Waals surface area contributed by atoms with Crippen molar-refractivity contribution in [3.05, 3.63) is 48.2 Å². The van der Waals surface area contributed by atoms with E-state index in [0.29, 0.717) is 5.82 Å². The average molecular weight is 424 g/mol. The van der Waals surface area contributed by atoms with Crippen molar-refractivity contribution in [1.29, 1.82) is 0 Å². The van der Waals surface area contributed by atoms with Gasteiger partial charge in [0.15, 0.2) is 0 Å². The van der Waals surface area contributed by atoms with E-state index in [4.69, 9.17) is 10.5 Å². The molecule has 168 valence electrons. The van der Waals surface area contributed by atoms with Crippen LogP contribution in [-0.4, -0.2) is 62.4 Å². The molecule has 0 bridgehead atoms. The summed E-state index contributed by atoms with van der Waals surface area (Å²) in [5.74, 6) is 0.573. The minimum Gasteiger partial charge on any atom is -0.384 e. The summed E-state index contributed by atoms with van der Waals surface area (Å²) in [6.45, 7) is 9.65. The zero-order chi connectivity index (χ0) is 21.3. The van der Waals surface area contributed by atoms with E-state index in [1.165, 1.54) is 69.5 Å². The largest absolute Gasteiger partial charge is 0.384 e. The fourth-order valence-electron chi connectivity index (χ4n) is 4.66. The maximum absolute atomic E-state index is 5.60. The molecule has 0 unspecified atom stereocenters. The molecule has 0 aliphatic carbocycles. The van der Waals surface area contributed by atoms with Crippen molar-refractivity contribution in [3.8, 4) is 0 Å². The van der Waals surface area contributed by atoms with Crippen molar-refractivity contribution < 1.29 is 4.74 Å². The molecular weight excluding hydrogens is 386 g/mol. The SMILES string of the molecule is Nc1cc(N2CCOCC2)ccn1.c1cc(CN2CCCC2)cc(N2CCCCC2)c1. The number of hydrogen-bond acceptors (Lipinski definition) is 6. The van der Waals surface area contributed by atoms with Gasteiger partial charge in [-0.15, -0.1) is 0 Å². The molecule has 0 amide bonds. The van der Waals surface area contributed by atoms with Crippen LogP contribution in [0.25, 0.3) is 0 Å². The van der Waals surface area contributed by atoms with Gasteiger partial charge in [0.05, 0.1) is 13.2 Å². The number of aromatic nitrogens is 1. The maximum atomic E-state index is 5.60. The molecule has 0 atom stereocenters. The first-order valence-electron chi connectivity index (χ1n) is 11.9. The molecule has 4 heterocycles. The third-order valence-electron chi connectivity index (χ3n) is 6.38. The van der Waals surface area contributed by atoms with Crippen LogP contribution in [0.5, 0.6) is 0 Å². The highest BCUT2D eigenvalue weighted by Gasteiger charge is 2.14. The van der Waals surface area contributed by atoms with Crippen LogP contribution < -0.4 is 15.5 Å². The molecule has 3 aliphatic rings. The van der Waals surface area contributed by atoms with Crippen LogP contribution in [0.4, 0.5) is 17.2 Å². The molecule has 31 heavy (non-hydrogen) atoms. The topological polar surface area (TPSA) is 57.9 Å². The number of anilines is 3. The fourth-order valence-corrected chi connectivity index (χ4v) is 4.66. The second-order valence-electron chi connectivity index (χ2n) is 8.74. The second kappa shape index (κ2) is 11.3. The van der Waals surface area contributed by atoms with E-state index in [-0.39, 0.29) is 0 Å². The Bertz CT molecular complexity index is 796. The number of rotatable bonds is 4. The Labute approximate surface area is 187 Å². The summed E-state index contributed by atoms with van der Waals surface area (Å²) in [5, 5.41) is 0. The second-order valence-corrected chi connectivity index (χ2v) is 8.74. The first-order chi connectivity index (χ1) is 15.3. The van der Waals surface area contributed by atoms with Crippen molar-refractivity contribution in [3.63, 3.8) is 0 Å². The number of benzene rings is 1. The molecule has 2 N–H and O–H groups in total. The smallest absolute Gasteiger partial charge is 0.125 e. The number of likely N-dealkylation sites (tertiary alicyclic amines) is 1. The number of piperidine rings is 1. The average Bonchev–Trinajstić information content (AvgIpc) is 3.34. The lowest BCUT2D eigenvalue weighted by Crippen LogP contribution is -2.36. The Morgan fingerprint density at radius 3 is 2.19 bits per heavy atom. The number of hydrogen-bond donors (Lipinski definition) is 1. The summed E-state index contributed by atoms with van der Waals surface area (Å²) in [7, 11) is 0. The summed E-state index contributed by atoms with van der Waals surface area (Å²) in [5.41, 5.74) is 9.65. The predicted octanol–water partition coefficient (Wildman–Crippen LogP) is 3.77. The lowest BCUT2D eigenvalue weighted by Gasteiger charge is -2.29. The molecule has 0 saturated carbocycles. The number of pyridine rings is 1. The highest BCUT2D eigenvalue weighted by atomic mass is 16.5. The van der Waals surface area contributed by atoms with Gasteiger partial charge in [0.2, 0.25) is 0 Å². The van der Waals surface area contributed by atoms with Gasteiger partial charge in [-0.05, 0) is 69.0 Å². The van der Waals surface area contributed by atoms with E-state index >= 15 is 0 Å². The lowest BCUT2D eigenvalue weighted by atomic mass is 10.1. The first-order valence-corrected chi connectivity index (χ1v) is 11.9. The van der Waals surface area contributed by atoms with Gasteiger partial charge < -0.3 is 20.3 Å². The van der Waals surface area contributed by atoms with Gasteiger partial charge >= 0.3 is 0 Å². The molecule has 1 aromatic carbocycles. The van der Waals surface area contributed by atoms with Gasteiger partial charge in [-0.1, -0.05) is 12.1 Å². The first kappa shape index (κ1) is 21.9. The van der Waals surface area contributed by atoms with Crippen LogP contribution in [0.3, 0.4) is 0 Å². The van der Waals surface area contributed by atoms with Crippen molar-refractivity contribution in [2.75, 3.05) is 68.0 Å². The number of ether oxygens (including phenoxy) is 1. The summed E-state index contributed by atoms with van der Waals surface area (Å²) < 4.78 is 5.26. The van der Waals surface area contributed by atoms with Gasteiger partial charge in [0.1, 0.15) is 5.82 Å². The molecule has 6 nitrogen and oxygen atoms in total. The quantitative estimate of drug-likeness (QED) is 0.808. The zero-order valence-corrected chi connectivity index (χ0v) is 18.7. The Morgan fingerprint density at radius 2 is 1.45 bits per heavy atom. The predicted molar refractivity (Wildman–Crippen MR) is 129 cm³/mol. The number of morpholine rings is 1. The molecule has 0 spiro atoms. The summed E-state index contributed by atoms with van der Waals surface area (Å²) >= 11 is 0. The van der Waals surface area contributed by atoms with Crippen LogP contribution in [0.15, 0.2) is 42.6 Å². The van der Waals surface area contributed by atoms with Crippen molar-refractivity contribution in [1.82, 2.24) is 9.88 Å². The third kappa shape index (κ3) is 6.58.